The predicted octanol–water partition coefficient (Wildman–Crippen LogP) is 2.90. The SMILES string of the molecule is CCOC(=O)c1cc(N)cc(Cl)c1-n1cnc(C)c1C. The minimum absolute atomic E-state index is 0.284. The van der Waals surface area contributed by atoms with Crippen molar-refractivity contribution in [3.63, 3.8) is 0 Å². The zero-order chi connectivity index (χ0) is 14.9. The molecule has 1 heterocycles. The Hall–Kier alpha value is -2.01. The number of aryl methyl sites for hydroxylation is 1. The predicted molar refractivity (Wildman–Crippen MR) is 78.4 cm³/mol. The summed E-state index contributed by atoms with van der Waals surface area (Å²) >= 11 is 6.26. The van der Waals surface area contributed by atoms with Crippen LogP contribution in [0.2, 0.25) is 5.02 Å². The maximum absolute atomic E-state index is 12.1. The first kappa shape index (κ1) is 14.4. The zero-order valence-electron chi connectivity index (χ0n) is 11.6. The Bertz CT molecular complexity index is 665. The number of ether oxygens (including phenoxy) is 1. The molecule has 2 aromatic rings. The fraction of sp³-hybridized carbons (Fsp3) is 0.286. The number of rotatable bonds is 3. The van der Waals surface area contributed by atoms with Crippen molar-refractivity contribution in [1.82, 2.24) is 9.55 Å². The van der Waals surface area contributed by atoms with Crippen molar-refractivity contribution in [3.8, 4) is 5.69 Å². The Morgan fingerprint density at radius 3 is 2.70 bits per heavy atom. The second-order valence-electron chi connectivity index (χ2n) is 4.40. The average Bonchev–Trinajstić information content (AvgIpc) is 2.70. The molecule has 0 aliphatic rings. The molecule has 0 atom stereocenters. The van der Waals surface area contributed by atoms with Gasteiger partial charge in [-0.25, -0.2) is 9.78 Å². The van der Waals surface area contributed by atoms with Crippen LogP contribution in [0.1, 0.15) is 28.7 Å². The Morgan fingerprint density at radius 1 is 1.45 bits per heavy atom. The Balaban J connectivity index is 2.68. The second kappa shape index (κ2) is 5.54. The molecule has 0 aliphatic carbocycles. The largest absolute Gasteiger partial charge is 0.462 e. The first-order valence-electron chi connectivity index (χ1n) is 6.22. The molecule has 0 saturated carbocycles. The zero-order valence-corrected chi connectivity index (χ0v) is 12.4. The summed E-state index contributed by atoms with van der Waals surface area (Å²) in [4.78, 5) is 16.3. The lowest BCUT2D eigenvalue weighted by molar-refractivity contribution is 0.0526. The number of hydrogen-bond acceptors (Lipinski definition) is 4. The van der Waals surface area contributed by atoms with Gasteiger partial charge in [-0.15, -0.1) is 0 Å². The van der Waals surface area contributed by atoms with Gasteiger partial charge in [0.15, 0.2) is 0 Å². The molecule has 5 nitrogen and oxygen atoms in total. The maximum atomic E-state index is 12.1. The van der Waals surface area contributed by atoms with Crippen molar-refractivity contribution < 1.29 is 9.53 Å². The summed E-state index contributed by atoms with van der Waals surface area (Å²) in [5, 5.41) is 0.383. The van der Waals surface area contributed by atoms with E-state index >= 15 is 0 Å². The highest BCUT2D eigenvalue weighted by Gasteiger charge is 2.20. The molecule has 1 aromatic heterocycles. The summed E-state index contributed by atoms with van der Waals surface area (Å²) in [5.41, 5.74) is 8.82. The van der Waals surface area contributed by atoms with Crippen molar-refractivity contribution in [2.24, 2.45) is 0 Å². The summed E-state index contributed by atoms with van der Waals surface area (Å²) in [6, 6.07) is 3.17. The number of imidazole rings is 1. The normalized spacial score (nSPS) is 10.6. The van der Waals surface area contributed by atoms with Crippen LogP contribution in [0.15, 0.2) is 18.5 Å². The first-order valence-corrected chi connectivity index (χ1v) is 6.60. The summed E-state index contributed by atoms with van der Waals surface area (Å²) in [6.07, 6.45) is 1.63. The van der Waals surface area contributed by atoms with Gasteiger partial charge in [0.25, 0.3) is 0 Å². The number of benzene rings is 1. The van der Waals surface area contributed by atoms with Gasteiger partial charge in [0, 0.05) is 11.4 Å². The molecule has 106 valence electrons. The number of nitrogens with zero attached hydrogens (tertiary/aromatic N) is 2. The fourth-order valence-corrected chi connectivity index (χ4v) is 2.27. The Morgan fingerprint density at radius 2 is 2.15 bits per heavy atom. The Labute approximate surface area is 122 Å². The first-order chi connectivity index (χ1) is 9.45. The number of carbonyl (C=O) groups is 1. The van der Waals surface area contributed by atoms with Gasteiger partial charge in [-0.3, -0.25) is 0 Å². The molecule has 0 spiro atoms. The van der Waals surface area contributed by atoms with Crippen LogP contribution in [0.3, 0.4) is 0 Å². The van der Waals surface area contributed by atoms with Gasteiger partial charge in [0.05, 0.1) is 34.9 Å². The van der Waals surface area contributed by atoms with E-state index < -0.39 is 5.97 Å². The van der Waals surface area contributed by atoms with Crippen LogP contribution in [-0.4, -0.2) is 22.1 Å². The number of carbonyl (C=O) groups excluding carboxylic acids is 1. The third-order valence-corrected chi connectivity index (χ3v) is 3.36. The van der Waals surface area contributed by atoms with Gasteiger partial charge in [0.1, 0.15) is 0 Å². The quantitative estimate of drug-likeness (QED) is 0.698. The molecule has 6 heteroatoms. The molecule has 0 fully saturated rings. The topological polar surface area (TPSA) is 70.1 Å². The summed E-state index contributed by atoms with van der Waals surface area (Å²) in [6.45, 7) is 5.83. The average molecular weight is 294 g/mol. The standard InChI is InChI=1S/C14H16ClN3O2/c1-4-20-14(19)11-5-10(16)6-12(15)13(11)18-7-17-8(2)9(18)3/h5-7H,4,16H2,1-3H3. The maximum Gasteiger partial charge on any atom is 0.340 e. The number of nitrogen functional groups attached to an aromatic ring is 1. The van der Waals surface area contributed by atoms with Gasteiger partial charge in [0.2, 0.25) is 0 Å². The van der Waals surface area contributed by atoms with Crippen LogP contribution in [0.5, 0.6) is 0 Å². The lowest BCUT2D eigenvalue weighted by Crippen LogP contribution is -2.11. The van der Waals surface area contributed by atoms with E-state index in [1.54, 1.807) is 30.0 Å². The molecular formula is C14H16ClN3O2. The molecule has 0 radical (unpaired) electrons. The number of anilines is 1. The summed E-state index contributed by atoms with van der Waals surface area (Å²) in [7, 11) is 0. The van der Waals surface area contributed by atoms with Crippen LogP contribution in [0.4, 0.5) is 5.69 Å². The van der Waals surface area contributed by atoms with Gasteiger partial charge in [-0.2, -0.15) is 0 Å². The number of aromatic nitrogens is 2. The van der Waals surface area contributed by atoms with Gasteiger partial charge >= 0.3 is 5.97 Å². The fourth-order valence-electron chi connectivity index (χ4n) is 1.95. The van der Waals surface area contributed by atoms with E-state index in [2.05, 4.69) is 4.98 Å². The molecule has 20 heavy (non-hydrogen) atoms. The molecular weight excluding hydrogens is 278 g/mol. The van der Waals surface area contributed by atoms with E-state index in [9.17, 15) is 4.79 Å². The molecule has 0 aliphatic heterocycles. The molecule has 0 unspecified atom stereocenters. The molecule has 2 N–H and O–H groups in total. The molecule has 1 aromatic carbocycles. The van der Waals surface area contributed by atoms with Gasteiger partial charge in [-0.1, -0.05) is 11.6 Å². The highest BCUT2D eigenvalue weighted by atomic mass is 35.5. The van der Waals surface area contributed by atoms with E-state index in [-0.39, 0.29) is 6.61 Å². The van der Waals surface area contributed by atoms with Crippen molar-refractivity contribution in [3.05, 3.63) is 40.4 Å². The van der Waals surface area contributed by atoms with Crippen LogP contribution in [0.25, 0.3) is 5.69 Å². The van der Waals surface area contributed by atoms with Crippen molar-refractivity contribution in [1.29, 1.82) is 0 Å². The van der Waals surface area contributed by atoms with E-state index in [0.29, 0.717) is 22.0 Å². The lowest BCUT2D eigenvalue weighted by atomic mass is 10.1. The summed E-state index contributed by atoms with van der Waals surface area (Å²) in [5.74, 6) is -0.456. The third kappa shape index (κ3) is 2.49. The Kier molecular flexibility index (Phi) is 3.99. The van der Waals surface area contributed by atoms with Crippen molar-refractivity contribution >= 4 is 23.3 Å². The number of esters is 1. The summed E-state index contributed by atoms with van der Waals surface area (Å²) < 4.78 is 6.83. The van der Waals surface area contributed by atoms with E-state index in [4.69, 9.17) is 22.1 Å². The molecule has 0 bridgehead atoms. The second-order valence-corrected chi connectivity index (χ2v) is 4.81. The third-order valence-electron chi connectivity index (χ3n) is 3.07. The van der Waals surface area contributed by atoms with Gasteiger partial charge < -0.3 is 15.0 Å². The lowest BCUT2D eigenvalue weighted by Gasteiger charge is -2.14. The van der Waals surface area contributed by atoms with Crippen LogP contribution in [-0.2, 0) is 4.74 Å². The minimum atomic E-state index is -0.456. The smallest absolute Gasteiger partial charge is 0.340 e. The van der Waals surface area contributed by atoms with Crippen LogP contribution in [0, 0.1) is 13.8 Å². The van der Waals surface area contributed by atoms with Crippen molar-refractivity contribution in [2.45, 2.75) is 20.8 Å². The molecule has 0 amide bonds. The van der Waals surface area contributed by atoms with E-state index in [0.717, 1.165) is 11.4 Å². The molecule has 0 saturated heterocycles. The highest BCUT2D eigenvalue weighted by molar-refractivity contribution is 6.33. The van der Waals surface area contributed by atoms with Crippen LogP contribution < -0.4 is 5.73 Å². The van der Waals surface area contributed by atoms with E-state index in [1.165, 1.54) is 0 Å². The molecule has 2 rings (SSSR count). The van der Waals surface area contributed by atoms with E-state index in [1.807, 2.05) is 13.8 Å². The number of hydrogen-bond donors (Lipinski definition) is 1. The van der Waals surface area contributed by atoms with Crippen molar-refractivity contribution in [2.75, 3.05) is 12.3 Å². The van der Waals surface area contributed by atoms with Crippen LogP contribution >= 0.6 is 11.6 Å². The minimum Gasteiger partial charge on any atom is -0.462 e. The highest BCUT2D eigenvalue weighted by Crippen LogP contribution is 2.29. The number of halogens is 1. The monoisotopic (exact) mass is 293 g/mol. The van der Waals surface area contributed by atoms with Gasteiger partial charge in [-0.05, 0) is 32.9 Å². The number of nitrogens with two attached hydrogens (primary N) is 1.